The SMILES string of the molecule is C/C=C\C=C(/CC)C1CCC(C)CC1. The third-order valence-corrected chi connectivity index (χ3v) is 3.45. The second-order valence-corrected chi connectivity index (χ2v) is 4.58. The first-order valence-electron chi connectivity index (χ1n) is 6.09. The van der Waals surface area contributed by atoms with Crippen molar-refractivity contribution >= 4 is 0 Å². The Morgan fingerprint density at radius 2 is 1.86 bits per heavy atom. The smallest absolute Gasteiger partial charge is 0.0200 e. The minimum Gasteiger partial charge on any atom is -0.0877 e. The van der Waals surface area contributed by atoms with E-state index in [1.807, 2.05) is 0 Å². The summed E-state index contributed by atoms with van der Waals surface area (Å²) in [5, 5.41) is 0. The first kappa shape index (κ1) is 11.6. The van der Waals surface area contributed by atoms with Crippen LogP contribution in [-0.4, -0.2) is 0 Å². The Bertz CT molecular complexity index is 202. The summed E-state index contributed by atoms with van der Waals surface area (Å²) in [6, 6.07) is 0. The number of hydrogen-bond donors (Lipinski definition) is 0. The Hall–Kier alpha value is -0.520. The van der Waals surface area contributed by atoms with Crippen molar-refractivity contribution in [2.75, 3.05) is 0 Å². The van der Waals surface area contributed by atoms with E-state index in [2.05, 4.69) is 39.0 Å². The van der Waals surface area contributed by atoms with Gasteiger partial charge in [0.2, 0.25) is 0 Å². The lowest BCUT2D eigenvalue weighted by Crippen LogP contribution is -2.14. The standard InChI is InChI=1S/C14H24/c1-4-6-7-13(5-2)14-10-8-12(3)9-11-14/h4,6-7,12,14H,5,8-11H2,1-3H3/b6-4-,13-7+. The summed E-state index contributed by atoms with van der Waals surface area (Å²) in [6.07, 6.45) is 13.6. The molecule has 1 aliphatic carbocycles. The average molecular weight is 192 g/mol. The van der Waals surface area contributed by atoms with Crippen LogP contribution < -0.4 is 0 Å². The van der Waals surface area contributed by atoms with Crippen LogP contribution in [0.1, 0.15) is 52.9 Å². The third kappa shape index (κ3) is 3.32. The van der Waals surface area contributed by atoms with E-state index in [1.165, 1.54) is 32.1 Å². The Morgan fingerprint density at radius 3 is 2.36 bits per heavy atom. The van der Waals surface area contributed by atoms with Gasteiger partial charge in [-0.3, -0.25) is 0 Å². The summed E-state index contributed by atoms with van der Waals surface area (Å²) >= 11 is 0. The zero-order chi connectivity index (χ0) is 10.4. The summed E-state index contributed by atoms with van der Waals surface area (Å²) in [5.41, 5.74) is 1.66. The van der Waals surface area contributed by atoms with Gasteiger partial charge < -0.3 is 0 Å². The number of allylic oxidation sites excluding steroid dienone is 4. The van der Waals surface area contributed by atoms with Gasteiger partial charge in [-0.25, -0.2) is 0 Å². The van der Waals surface area contributed by atoms with Crippen molar-refractivity contribution in [1.29, 1.82) is 0 Å². The van der Waals surface area contributed by atoms with Gasteiger partial charge in [0.25, 0.3) is 0 Å². The van der Waals surface area contributed by atoms with E-state index in [9.17, 15) is 0 Å². The average Bonchev–Trinajstić information content (AvgIpc) is 2.21. The summed E-state index contributed by atoms with van der Waals surface area (Å²) in [6.45, 7) is 6.76. The summed E-state index contributed by atoms with van der Waals surface area (Å²) in [4.78, 5) is 0. The zero-order valence-corrected chi connectivity index (χ0v) is 9.92. The largest absolute Gasteiger partial charge is 0.0877 e. The molecule has 0 spiro atoms. The summed E-state index contributed by atoms with van der Waals surface area (Å²) in [5.74, 6) is 1.85. The molecule has 0 amide bonds. The molecule has 80 valence electrons. The second-order valence-electron chi connectivity index (χ2n) is 4.58. The maximum Gasteiger partial charge on any atom is -0.0200 e. The summed E-state index contributed by atoms with van der Waals surface area (Å²) in [7, 11) is 0. The fourth-order valence-corrected chi connectivity index (χ4v) is 2.39. The topological polar surface area (TPSA) is 0 Å². The maximum absolute atomic E-state index is 2.39. The van der Waals surface area contributed by atoms with Gasteiger partial charge in [0, 0.05) is 0 Å². The van der Waals surface area contributed by atoms with Crippen LogP contribution >= 0.6 is 0 Å². The van der Waals surface area contributed by atoms with E-state index in [4.69, 9.17) is 0 Å². The Labute approximate surface area is 89.1 Å². The maximum atomic E-state index is 2.39. The fourth-order valence-electron chi connectivity index (χ4n) is 2.39. The van der Waals surface area contributed by atoms with Crippen LogP contribution in [0.3, 0.4) is 0 Å². The normalized spacial score (nSPS) is 29.8. The first-order chi connectivity index (χ1) is 6.77. The Morgan fingerprint density at radius 1 is 1.21 bits per heavy atom. The quantitative estimate of drug-likeness (QED) is 0.567. The lowest BCUT2D eigenvalue weighted by atomic mass is 9.78. The molecule has 1 fully saturated rings. The van der Waals surface area contributed by atoms with Crippen LogP contribution in [0.5, 0.6) is 0 Å². The molecule has 0 aromatic carbocycles. The molecule has 1 saturated carbocycles. The van der Waals surface area contributed by atoms with Gasteiger partial charge in [0.05, 0.1) is 0 Å². The van der Waals surface area contributed by atoms with Crippen molar-refractivity contribution in [3.8, 4) is 0 Å². The highest BCUT2D eigenvalue weighted by molar-refractivity contribution is 5.15. The van der Waals surface area contributed by atoms with E-state index in [1.54, 1.807) is 5.57 Å². The molecule has 0 aromatic heterocycles. The van der Waals surface area contributed by atoms with Gasteiger partial charge in [-0.15, -0.1) is 0 Å². The van der Waals surface area contributed by atoms with Crippen LogP contribution in [0.15, 0.2) is 23.8 Å². The third-order valence-electron chi connectivity index (χ3n) is 3.45. The van der Waals surface area contributed by atoms with E-state index in [-0.39, 0.29) is 0 Å². The highest BCUT2D eigenvalue weighted by Crippen LogP contribution is 2.34. The van der Waals surface area contributed by atoms with E-state index >= 15 is 0 Å². The van der Waals surface area contributed by atoms with Crippen molar-refractivity contribution in [2.24, 2.45) is 11.8 Å². The molecule has 0 nitrogen and oxygen atoms in total. The molecule has 1 aliphatic rings. The van der Waals surface area contributed by atoms with E-state index < -0.39 is 0 Å². The van der Waals surface area contributed by atoms with Gasteiger partial charge in [0.1, 0.15) is 0 Å². The summed E-state index contributed by atoms with van der Waals surface area (Å²) < 4.78 is 0. The molecule has 0 aromatic rings. The molecule has 0 N–H and O–H groups in total. The number of hydrogen-bond acceptors (Lipinski definition) is 0. The minimum atomic E-state index is 0.882. The monoisotopic (exact) mass is 192 g/mol. The van der Waals surface area contributed by atoms with Crippen LogP contribution in [0.25, 0.3) is 0 Å². The second kappa shape index (κ2) is 6.06. The van der Waals surface area contributed by atoms with Gasteiger partial charge in [-0.2, -0.15) is 0 Å². The molecule has 0 atom stereocenters. The molecule has 0 unspecified atom stereocenters. The van der Waals surface area contributed by atoms with Crippen LogP contribution in [0.2, 0.25) is 0 Å². The van der Waals surface area contributed by atoms with Crippen molar-refractivity contribution in [1.82, 2.24) is 0 Å². The highest BCUT2D eigenvalue weighted by Gasteiger charge is 2.19. The Kier molecular flexibility index (Phi) is 5.00. The number of rotatable bonds is 3. The molecule has 0 aliphatic heterocycles. The molecule has 0 bridgehead atoms. The minimum absolute atomic E-state index is 0.882. The Balaban J connectivity index is 2.53. The van der Waals surface area contributed by atoms with Crippen molar-refractivity contribution < 1.29 is 0 Å². The van der Waals surface area contributed by atoms with Gasteiger partial charge >= 0.3 is 0 Å². The molecule has 1 rings (SSSR count). The fraction of sp³-hybridized carbons (Fsp3) is 0.714. The van der Waals surface area contributed by atoms with Crippen molar-refractivity contribution in [3.05, 3.63) is 23.8 Å². The highest BCUT2D eigenvalue weighted by atomic mass is 14.2. The molecular weight excluding hydrogens is 168 g/mol. The molecule has 0 radical (unpaired) electrons. The van der Waals surface area contributed by atoms with Crippen molar-refractivity contribution in [3.63, 3.8) is 0 Å². The molecule has 14 heavy (non-hydrogen) atoms. The van der Waals surface area contributed by atoms with Crippen LogP contribution in [-0.2, 0) is 0 Å². The van der Waals surface area contributed by atoms with E-state index in [0.717, 1.165) is 11.8 Å². The van der Waals surface area contributed by atoms with Gasteiger partial charge in [-0.1, -0.05) is 50.5 Å². The van der Waals surface area contributed by atoms with Crippen LogP contribution in [0.4, 0.5) is 0 Å². The first-order valence-corrected chi connectivity index (χ1v) is 6.09. The molecular formula is C14H24. The van der Waals surface area contributed by atoms with Crippen LogP contribution in [0, 0.1) is 11.8 Å². The predicted molar refractivity (Wildman–Crippen MR) is 64.3 cm³/mol. The molecule has 0 heterocycles. The van der Waals surface area contributed by atoms with Crippen molar-refractivity contribution in [2.45, 2.75) is 52.9 Å². The van der Waals surface area contributed by atoms with Gasteiger partial charge in [-0.05, 0) is 38.0 Å². The lowest BCUT2D eigenvalue weighted by molar-refractivity contribution is 0.317. The molecule has 0 saturated heterocycles. The lowest BCUT2D eigenvalue weighted by Gasteiger charge is -2.27. The molecule has 0 heteroatoms. The predicted octanol–water partition coefficient (Wildman–Crippen LogP) is 4.73. The van der Waals surface area contributed by atoms with E-state index in [0.29, 0.717) is 0 Å². The van der Waals surface area contributed by atoms with Gasteiger partial charge in [0.15, 0.2) is 0 Å². The zero-order valence-electron chi connectivity index (χ0n) is 9.92.